The molecule has 0 aliphatic carbocycles. The number of rotatable bonds is 5. The zero-order chi connectivity index (χ0) is 16.8. The molecule has 0 saturated carbocycles. The minimum absolute atomic E-state index is 0.283. The second kappa shape index (κ2) is 7.35. The highest BCUT2D eigenvalue weighted by Crippen LogP contribution is 2.16. The third kappa shape index (κ3) is 4.26. The normalized spacial score (nSPS) is 11.4. The van der Waals surface area contributed by atoms with Crippen LogP contribution in [0.15, 0.2) is 36.5 Å². The molecule has 0 aliphatic heterocycles. The second-order valence-electron chi connectivity index (χ2n) is 4.92. The Kier molecular flexibility index (Phi) is 5.24. The summed E-state index contributed by atoms with van der Waals surface area (Å²) in [5.41, 5.74) is 2.11. The molecule has 1 heterocycles. The molecule has 6 nitrogen and oxygen atoms in total. The van der Waals surface area contributed by atoms with Crippen LogP contribution in [0.2, 0.25) is 0 Å². The summed E-state index contributed by atoms with van der Waals surface area (Å²) in [5, 5.41) is 15.6. The van der Waals surface area contributed by atoms with E-state index in [1.165, 1.54) is 18.3 Å². The SMILES string of the molecule is CNc1cnc(NC(=O)N[C@H](C)c2ccc(F)cc2)cc1C=N. The van der Waals surface area contributed by atoms with Gasteiger partial charge < -0.3 is 16.0 Å². The van der Waals surface area contributed by atoms with Gasteiger partial charge in [0.2, 0.25) is 0 Å². The van der Waals surface area contributed by atoms with Crippen LogP contribution in [0, 0.1) is 11.2 Å². The number of carbonyl (C=O) groups excluding carboxylic acids is 1. The van der Waals surface area contributed by atoms with Gasteiger partial charge in [0.1, 0.15) is 11.6 Å². The first-order valence-corrected chi connectivity index (χ1v) is 7.04. The van der Waals surface area contributed by atoms with Gasteiger partial charge in [-0.3, -0.25) is 5.32 Å². The van der Waals surface area contributed by atoms with Crippen LogP contribution in [0.1, 0.15) is 24.1 Å². The molecule has 0 fully saturated rings. The summed E-state index contributed by atoms with van der Waals surface area (Å²) >= 11 is 0. The van der Waals surface area contributed by atoms with E-state index >= 15 is 0 Å². The number of benzene rings is 1. The van der Waals surface area contributed by atoms with E-state index in [4.69, 9.17) is 5.41 Å². The van der Waals surface area contributed by atoms with Gasteiger partial charge in [-0.25, -0.2) is 14.2 Å². The summed E-state index contributed by atoms with van der Waals surface area (Å²) < 4.78 is 12.9. The second-order valence-corrected chi connectivity index (χ2v) is 4.92. The van der Waals surface area contributed by atoms with Crippen molar-refractivity contribution in [1.29, 1.82) is 5.41 Å². The summed E-state index contributed by atoms with van der Waals surface area (Å²) in [7, 11) is 1.73. The zero-order valence-electron chi connectivity index (χ0n) is 12.9. The molecule has 1 aromatic carbocycles. The molecule has 23 heavy (non-hydrogen) atoms. The molecular weight excluding hydrogens is 297 g/mol. The number of amides is 2. The maximum Gasteiger partial charge on any atom is 0.320 e. The van der Waals surface area contributed by atoms with Gasteiger partial charge in [-0.2, -0.15) is 0 Å². The number of pyridine rings is 1. The number of nitrogens with zero attached hydrogens (tertiary/aromatic N) is 1. The van der Waals surface area contributed by atoms with Crippen LogP contribution in [0.25, 0.3) is 0 Å². The molecule has 4 N–H and O–H groups in total. The Hall–Kier alpha value is -2.96. The summed E-state index contributed by atoms with van der Waals surface area (Å²) in [5.74, 6) is 0.0182. The highest BCUT2D eigenvalue weighted by atomic mass is 19.1. The molecule has 0 spiro atoms. The van der Waals surface area contributed by atoms with E-state index in [1.807, 2.05) is 0 Å². The van der Waals surface area contributed by atoms with Crippen molar-refractivity contribution < 1.29 is 9.18 Å². The molecule has 0 unspecified atom stereocenters. The van der Waals surface area contributed by atoms with Crippen LogP contribution in [-0.4, -0.2) is 24.3 Å². The Morgan fingerprint density at radius 3 is 2.65 bits per heavy atom. The van der Waals surface area contributed by atoms with E-state index in [-0.39, 0.29) is 11.9 Å². The third-order valence-electron chi connectivity index (χ3n) is 3.32. The molecule has 0 saturated heterocycles. The molecule has 2 rings (SSSR count). The number of urea groups is 1. The summed E-state index contributed by atoms with van der Waals surface area (Å²) in [6.45, 7) is 1.80. The van der Waals surface area contributed by atoms with E-state index in [0.29, 0.717) is 17.1 Å². The van der Waals surface area contributed by atoms with Crippen molar-refractivity contribution in [2.75, 3.05) is 17.7 Å². The minimum atomic E-state index is -0.428. The molecule has 1 atom stereocenters. The fourth-order valence-electron chi connectivity index (χ4n) is 2.05. The number of nitrogens with one attached hydrogen (secondary N) is 4. The predicted octanol–water partition coefficient (Wildman–Crippen LogP) is 3.14. The van der Waals surface area contributed by atoms with E-state index in [0.717, 1.165) is 5.56 Å². The number of carbonyl (C=O) groups is 1. The molecule has 120 valence electrons. The van der Waals surface area contributed by atoms with Crippen LogP contribution < -0.4 is 16.0 Å². The first-order chi connectivity index (χ1) is 11.0. The largest absolute Gasteiger partial charge is 0.386 e. The van der Waals surface area contributed by atoms with Crippen molar-refractivity contribution in [2.45, 2.75) is 13.0 Å². The average Bonchev–Trinajstić information content (AvgIpc) is 2.55. The highest BCUT2D eigenvalue weighted by molar-refractivity contribution is 5.91. The van der Waals surface area contributed by atoms with Crippen molar-refractivity contribution in [3.05, 3.63) is 53.5 Å². The van der Waals surface area contributed by atoms with Crippen molar-refractivity contribution in [3.63, 3.8) is 0 Å². The first kappa shape index (κ1) is 16.4. The minimum Gasteiger partial charge on any atom is -0.386 e. The fourth-order valence-corrected chi connectivity index (χ4v) is 2.05. The number of aromatic nitrogens is 1. The molecule has 2 aromatic rings. The topological polar surface area (TPSA) is 89.9 Å². The lowest BCUT2D eigenvalue weighted by molar-refractivity contribution is 0.249. The Labute approximate surface area is 133 Å². The molecule has 0 bridgehead atoms. The van der Waals surface area contributed by atoms with Gasteiger partial charge in [0.15, 0.2) is 0 Å². The maximum atomic E-state index is 12.9. The van der Waals surface area contributed by atoms with E-state index in [2.05, 4.69) is 20.9 Å². The summed E-state index contributed by atoms with van der Waals surface area (Å²) in [6.07, 6.45) is 2.72. The third-order valence-corrected chi connectivity index (χ3v) is 3.32. The number of halogens is 1. The van der Waals surface area contributed by atoms with Crippen LogP contribution in [0.3, 0.4) is 0 Å². The van der Waals surface area contributed by atoms with Crippen LogP contribution >= 0.6 is 0 Å². The maximum absolute atomic E-state index is 12.9. The van der Waals surface area contributed by atoms with E-state index in [9.17, 15) is 9.18 Å². The van der Waals surface area contributed by atoms with Crippen LogP contribution in [0.5, 0.6) is 0 Å². The van der Waals surface area contributed by atoms with Crippen molar-refractivity contribution in [3.8, 4) is 0 Å². The van der Waals surface area contributed by atoms with E-state index in [1.54, 1.807) is 38.4 Å². The summed E-state index contributed by atoms with van der Waals surface area (Å²) in [6, 6.07) is 6.82. The van der Waals surface area contributed by atoms with Crippen LogP contribution in [0.4, 0.5) is 20.7 Å². The van der Waals surface area contributed by atoms with Gasteiger partial charge in [-0.1, -0.05) is 12.1 Å². The zero-order valence-corrected chi connectivity index (χ0v) is 12.9. The molecule has 1 aromatic heterocycles. The first-order valence-electron chi connectivity index (χ1n) is 7.04. The quantitative estimate of drug-likeness (QED) is 0.639. The van der Waals surface area contributed by atoms with Crippen LogP contribution in [-0.2, 0) is 0 Å². The number of hydrogen-bond donors (Lipinski definition) is 4. The Balaban J connectivity index is 2.01. The smallest absolute Gasteiger partial charge is 0.320 e. The van der Waals surface area contributed by atoms with Crippen molar-refractivity contribution >= 4 is 23.8 Å². The lowest BCUT2D eigenvalue weighted by Crippen LogP contribution is -2.31. The lowest BCUT2D eigenvalue weighted by Gasteiger charge is -2.15. The molecule has 2 amide bonds. The Morgan fingerprint density at radius 2 is 2.04 bits per heavy atom. The fraction of sp³-hybridized carbons (Fsp3) is 0.188. The van der Waals surface area contributed by atoms with Crippen molar-refractivity contribution in [2.24, 2.45) is 0 Å². The molecule has 0 aliphatic rings. The predicted molar refractivity (Wildman–Crippen MR) is 88.6 cm³/mol. The van der Waals surface area contributed by atoms with Gasteiger partial charge in [0.05, 0.1) is 17.9 Å². The van der Waals surface area contributed by atoms with Crippen molar-refractivity contribution in [1.82, 2.24) is 10.3 Å². The monoisotopic (exact) mass is 315 g/mol. The standard InChI is InChI=1S/C16H18FN5O/c1-10(11-3-5-13(17)6-4-11)21-16(23)22-15-7-12(8-18)14(19-2)9-20-15/h3-10,18-19H,1-2H3,(H2,20,21,22,23)/t10-/m1/s1. The van der Waals surface area contributed by atoms with Gasteiger partial charge >= 0.3 is 6.03 Å². The van der Waals surface area contributed by atoms with Gasteiger partial charge in [0, 0.05) is 18.8 Å². The van der Waals surface area contributed by atoms with Gasteiger partial charge in [-0.05, 0) is 30.7 Å². The van der Waals surface area contributed by atoms with Gasteiger partial charge in [-0.15, -0.1) is 0 Å². The Morgan fingerprint density at radius 1 is 1.35 bits per heavy atom. The summed E-state index contributed by atoms with van der Waals surface area (Å²) in [4.78, 5) is 16.1. The Bertz CT molecular complexity index is 702. The molecular formula is C16H18FN5O. The number of anilines is 2. The van der Waals surface area contributed by atoms with Gasteiger partial charge in [0.25, 0.3) is 0 Å². The molecule has 7 heteroatoms. The lowest BCUT2D eigenvalue weighted by atomic mass is 10.1. The highest BCUT2D eigenvalue weighted by Gasteiger charge is 2.11. The number of hydrogen-bond acceptors (Lipinski definition) is 4. The average molecular weight is 315 g/mol. The van der Waals surface area contributed by atoms with E-state index < -0.39 is 6.03 Å². The molecule has 0 radical (unpaired) electrons.